The molecule has 2 nitrogen and oxygen atoms in total. The van der Waals surface area contributed by atoms with Crippen LogP contribution >= 0.6 is 12.4 Å². The van der Waals surface area contributed by atoms with Crippen molar-refractivity contribution in [1.29, 1.82) is 0 Å². The first-order valence-corrected chi connectivity index (χ1v) is 8.08. The van der Waals surface area contributed by atoms with Gasteiger partial charge in [-0.25, -0.2) is 0 Å². The van der Waals surface area contributed by atoms with E-state index in [-0.39, 0.29) is 31.6 Å². The first kappa shape index (κ1) is 24.8. The second kappa shape index (κ2) is 9.08. The predicted octanol–water partition coefficient (Wildman–Crippen LogP) is 5.43. The number of hydrogen-bond acceptors (Lipinski definition) is 2. The number of halogens is 10. The Bertz CT molecular complexity index is 602. The molecule has 0 aromatic heterocycles. The van der Waals surface area contributed by atoms with Crippen LogP contribution in [-0.4, -0.2) is 37.3 Å². The Morgan fingerprint density at radius 1 is 0.821 bits per heavy atom. The quantitative estimate of drug-likeness (QED) is 0.623. The van der Waals surface area contributed by atoms with Gasteiger partial charge in [0, 0.05) is 38.6 Å². The second-order valence-electron chi connectivity index (χ2n) is 6.29. The average Bonchev–Trinajstić information content (AvgIpc) is 2.53. The van der Waals surface area contributed by atoms with Gasteiger partial charge in [-0.3, -0.25) is 4.90 Å². The minimum atomic E-state index is -5.05. The molecule has 1 N–H and O–H groups in total. The molecule has 12 heteroatoms. The van der Waals surface area contributed by atoms with E-state index in [9.17, 15) is 39.5 Å². The van der Waals surface area contributed by atoms with Crippen molar-refractivity contribution in [1.82, 2.24) is 10.2 Å². The van der Waals surface area contributed by atoms with Gasteiger partial charge in [-0.05, 0) is 30.2 Å². The highest BCUT2D eigenvalue weighted by Gasteiger charge is 2.39. The standard InChI is InChI=1S/C16H17F9N2.ClH/c17-14(18,19)2-1-13(27-5-3-26-4-6-27)10-7-11(15(20,21)22)9-12(8-10)16(23,24)25;/h7-9,13,26H,1-6H2;1H/t13-;/m0./s1. The molecular formula is C16H18ClF9N2. The zero-order valence-electron chi connectivity index (χ0n) is 14.3. The molecule has 1 heterocycles. The van der Waals surface area contributed by atoms with Crippen LogP contribution in [0.2, 0.25) is 0 Å². The highest BCUT2D eigenvalue weighted by atomic mass is 35.5. The first-order valence-electron chi connectivity index (χ1n) is 8.08. The van der Waals surface area contributed by atoms with Crippen molar-refractivity contribution in [3.8, 4) is 0 Å². The molecule has 0 spiro atoms. The molecule has 1 saturated heterocycles. The molecule has 0 amide bonds. The van der Waals surface area contributed by atoms with Crippen molar-refractivity contribution in [2.75, 3.05) is 26.2 Å². The van der Waals surface area contributed by atoms with Crippen molar-refractivity contribution in [2.45, 2.75) is 37.4 Å². The lowest BCUT2D eigenvalue weighted by Crippen LogP contribution is -2.45. The minimum Gasteiger partial charge on any atom is -0.314 e. The summed E-state index contributed by atoms with van der Waals surface area (Å²) in [4.78, 5) is 1.48. The Morgan fingerprint density at radius 2 is 1.29 bits per heavy atom. The van der Waals surface area contributed by atoms with Crippen LogP contribution in [0.5, 0.6) is 0 Å². The smallest absolute Gasteiger partial charge is 0.314 e. The van der Waals surface area contributed by atoms with Gasteiger partial charge in [-0.2, -0.15) is 39.5 Å². The third kappa shape index (κ3) is 7.00. The number of piperazine rings is 1. The van der Waals surface area contributed by atoms with Crippen LogP contribution < -0.4 is 5.32 Å². The summed E-state index contributed by atoms with van der Waals surface area (Å²) >= 11 is 0. The van der Waals surface area contributed by atoms with E-state index in [1.807, 2.05) is 0 Å². The Balaban J connectivity index is 0.00000392. The molecule has 162 valence electrons. The lowest BCUT2D eigenvalue weighted by molar-refractivity contribution is -0.144. The second-order valence-corrected chi connectivity index (χ2v) is 6.29. The van der Waals surface area contributed by atoms with Crippen molar-refractivity contribution in [3.63, 3.8) is 0 Å². The molecule has 0 radical (unpaired) electrons. The fraction of sp³-hybridized carbons (Fsp3) is 0.625. The van der Waals surface area contributed by atoms with E-state index in [4.69, 9.17) is 0 Å². The van der Waals surface area contributed by atoms with Crippen LogP contribution in [0.4, 0.5) is 39.5 Å². The average molecular weight is 445 g/mol. The van der Waals surface area contributed by atoms with Crippen molar-refractivity contribution in [3.05, 3.63) is 34.9 Å². The summed E-state index contributed by atoms with van der Waals surface area (Å²) < 4.78 is 116. The van der Waals surface area contributed by atoms with Gasteiger partial charge < -0.3 is 5.32 Å². The van der Waals surface area contributed by atoms with Gasteiger partial charge in [0.1, 0.15) is 0 Å². The Labute approximate surface area is 161 Å². The summed E-state index contributed by atoms with van der Waals surface area (Å²) in [5, 5.41) is 2.94. The summed E-state index contributed by atoms with van der Waals surface area (Å²) in [7, 11) is 0. The third-order valence-corrected chi connectivity index (χ3v) is 4.29. The van der Waals surface area contributed by atoms with E-state index in [0.29, 0.717) is 25.2 Å². The van der Waals surface area contributed by atoms with Gasteiger partial charge >= 0.3 is 18.5 Å². The maximum atomic E-state index is 13.0. The highest BCUT2D eigenvalue weighted by Crippen LogP contribution is 2.40. The van der Waals surface area contributed by atoms with E-state index in [1.54, 1.807) is 0 Å². The molecule has 0 bridgehead atoms. The Hall–Kier alpha value is -1.20. The fourth-order valence-corrected chi connectivity index (χ4v) is 3.03. The van der Waals surface area contributed by atoms with Crippen LogP contribution in [-0.2, 0) is 12.4 Å². The molecule has 2 rings (SSSR count). The maximum Gasteiger partial charge on any atom is 0.416 e. The van der Waals surface area contributed by atoms with E-state index < -0.39 is 54.1 Å². The summed E-state index contributed by atoms with van der Waals surface area (Å²) in [6, 6.07) is -0.198. The lowest BCUT2D eigenvalue weighted by atomic mass is 9.95. The van der Waals surface area contributed by atoms with Crippen LogP contribution in [0.25, 0.3) is 0 Å². The number of nitrogens with one attached hydrogen (secondary N) is 1. The molecular weight excluding hydrogens is 427 g/mol. The van der Waals surface area contributed by atoms with Crippen LogP contribution in [0.3, 0.4) is 0 Å². The number of alkyl halides is 9. The first-order chi connectivity index (χ1) is 12.3. The van der Waals surface area contributed by atoms with E-state index in [0.717, 1.165) is 0 Å². The maximum absolute atomic E-state index is 13.0. The van der Waals surface area contributed by atoms with E-state index >= 15 is 0 Å². The predicted molar refractivity (Wildman–Crippen MR) is 86.2 cm³/mol. The normalized spacial score (nSPS) is 17.9. The number of benzene rings is 1. The molecule has 1 aliphatic heterocycles. The van der Waals surface area contributed by atoms with Gasteiger partial charge in [0.15, 0.2) is 0 Å². The van der Waals surface area contributed by atoms with Gasteiger partial charge in [0.25, 0.3) is 0 Å². The van der Waals surface area contributed by atoms with Gasteiger partial charge in [-0.1, -0.05) is 0 Å². The molecule has 1 aromatic rings. The van der Waals surface area contributed by atoms with E-state index in [1.165, 1.54) is 4.90 Å². The zero-order chi connectivity index (χ0) is 20.5. The molecule has 1 atom stereocenters. The van der Waals surface area contributed by atoms with Crippen molar-refractivity contribution >= 4 is 12.4 Å². The monoisotopic (exact) mass is 444 g/mol. The molecule has 28 heavy (non-hydrogen) atoms. The van der Waals surface area contributed by atoms with Gasteiger partial charge in [0.05, 0.1) is 11.1 Å². The van der Waals surface area contributed by atoms with E-state index in [2.05, 4.69) is 5.32 Å². The number of nitrogens with zero attached hydrogens (tertiary/aromatic N) is 1. The van der Waals surface area contributed by atoms with Crippen molar-refractivity contribution < 1.29 is 39.5 Å². The summed E-state index contributed by atoms with van der Waals surface area (Å²) in [5.41, 5.74) is -3.47. The Morgan fingerprint density at radius 3 is 1.68 bits per heavy atom. The minimum absolute atomic E-state index is 0. The topological polar surface area (TPSA) is 15.3 Å². The molecule has 0 saturated carbocycles. The molecule has 1 aliphatic rings. The molecule has 1 fully saturated rings. The van der Waals surface area contributed by atoms with Gasteiger partial charge in [0.2, 0.25) is 0 Å². The van der Waals surface area contributed by atoms with Crippen molar-refractivity contribution in [2.24, 2.45) is 0 Å². The lowest BCUT2D eigenvalue weighted by Gasteiger charge is -2.36. The van der Waals surface area contributed by atoms with Crippen LogP contribution in [0.15, 0.2) is 18.2 Å². The largest absolute Gasteiger partial charge is 0.416 e. The summed E-state index contributed by atoms with van der Waals surface area (Å²) in [6.45, 7) is 1.21. The van der Waals surface area contributed by atoms with Crippen LogP contribution in [0.1, 0.15) is 35.6 Å². The summed E-state index contributed by atoms with van der Waals surface area (Å²) in [6.07, 6.45) is -16.6. The number of rotatable bonds is 4. The highest BCUT2D eigenvalue weighted by molar-refractivity contribution is 5.85. The van der Waals surface area contributed by atoms with Crippen LogP contribution in [0, 0.1) is 0 Å². The number of hydrogen-bond donors (Lipinski definition) is 1. The fourth-order valence-electron chi connectivity index (χ4n) is 3.03. The third-order valence-electron chi connectivity index (χ3n) is 4.29. The SMILES string of the molecule is Cl.FC(F)(F)CC[C@@H](c1cc(C(F)(F)F)cc(C(F)(F)F)c1)N1CCNCC1. The zero-order valence-corrected chi connectivity index (χ0v) is 15.1. The van der Waals surface area contributed by atoms with Gasteiger partial charge in [-0.15, -0.1) is 12.4 Å². The molecule has 1 aromatic carbocycles. The Kier molecular flexibility index (Phi) is 8.06. The summed E-state index contributed by atoms with van der Waals surface area (Å²) in [5.74, 6) is 0. The molecule has 0 unspecified atom stereocenters. The molecule has 0 aliphatic carbocycles.